The summed E-state index contributed by atoms with van der Waals surface area (Å²) in [6.45, 7) is 21.4. The molecule has 0 rings (SSSR count). The number of carbonyl (C=O) groups excluding carboxylic acids is 2. The summed E-state index contributed by atoms with van der Waals surface area (Å²) in [5, 5.41) is 0. The molecule has 0 fully saturated rings. The van der Waals surface area contributed by atoms with E-state index in [1.807, 2.05) is 0 Å². The van der Waals surface area contributed by atoms with Crippen molar-refractivity contribution in [2.24, 2.45) is 5.92 Å². The molecule has 2 atom stereocenters. The van der Waals surface area contributed by atoms with Gasteiger partial charge in [0.1, 0.15) is 12.7 Å². The molecule has 2 unspecified atom stereocenters. The second-order valence-electron chi connectivity index (χ2n) is 17.2. The van der Waals surface area contributed by atoms with Gasteiger partial charge in [-0.05, 0) is 77.8 Å². The lowest BCUT2D eigenvalue weighted by atomic mass is 9.94. The smallest absolute Gasteiger partial charge is 0.465 e. The lowest BCUT2D eigenvalue weighted by molar-refractivity contribution is -0.145. The van der Waals surface area contributed by atoms with Crippen LogP contribution < -0.4 is 0 Å². The third kappa shape index (κ3) is 35.8. The molecule has 0 aliphatic carbocycles. The molecule has 0 saturated carbocycles. The van der Waals surface area contributed by atoms with E-state index in [4.69, 9.17) is 14.2 Å². The van der Waals surface area contributed by atoms with Crippen LogP contribution >= 0.6 is 0 Å². The topological polar surface area (TPSA) is 68.3 Å². The molecule has 0 aromatic carbocycles. The first-order valence-electron chi connectivity index (χ1n) is 24.8. The number of esters is 1. The molecule has 0 aromatic heterocycles. The van der Waals surface area contributed by atoms with Gasteiger partial charge in [0.25, 0.3) is 0 Å². The predicted molar refractivity (Wildman–Crippen MR) is 241 cm³/mol. The highest BCUT2D eigenvalue weighted by molar-refractivity contribution is 5.69. The van der Waals surface area contributed by atoms with Gasteiger partial charge in [-0.15, -0.1) is 0 Å². The Morgan fingerprint density at radius 1 is 0.482 bits per heavy atom. The number of ether oxygens (including phenoxy) is 3. The molecule has 7 nitrogen and oxygen atoms in total. The van der Waals surface area contributed by atoms with Gasteiger partial charge in [0.2, 0.25) is 0 Å². The van der Waals surface area contributed by atoms with Crippen molar-refractivity contribution < 1.29 is 23.8 Å². The van der Waals surface area contributed by atoms with Crippen LogP contribution in [0.4, 0.5) is 4.79 Å². The molecule has 0 amide bonds. The maximum absolute atomic E-state index is 12.7. The zero-order valence-electron chi connectivity index (χ0n) is 38.8. The third-order valence-electron chi connectivity index (χ3n) is 11.9. The Kier molecular flexibility index (Phi) is 40.8. The summed E-state index contributed by atoms with van der Waals surface area (Å²) in [5.41, 5.74) is 0. The van der Waals surface area contributed by atoms with Crippen LogP contribution in [0.2, 0.25) is 0 Å². The molecular weight excluding hydrogens is 697 g/mol. The van der Waals surface area contributed by atoms with Gasteiger partial charge in [-0.1, -0.05) is 176 Å². The molecule has 0 spiro atoms. The Bertz CT molecular complexity index is 835. The van der Waals surface area contributed by atoms with E-state index < -0.39 is 6.16 Å². The Balaban J connectivity index is 4.37. The Morgan fingerprint density at radius 2 is 0.911 bits per heavy atom. The molecule has 334 valence electrons. The number of carbonyl (C=O) groups is 2. The average molecular weight is 795 g/mol. The van der Waals surface area contributed by atoms with Crippen molar-refractivity contribution in [3.05, 3.63) is 0 Å². The lowest BCUT2D eigenvalue weighted by Crippen LogP contribution is -2.40. The first kappa shape index (κ1) is 54.7. The summed E-state index contributed by atoms with van der Waals surface area (Å²) >= 11 is 0. The van der Waals surface area contributed by atoms with Crippen molar-refractivity contribution in [1.29, 1.82) is 0 Å². The van der Waals surface area contributed by atoms with Crippen LogP contribution in [0.3, 0.4) is 0 Å². The number of hydrogen-bond donors (Lipinski definition) is 0. The maximum atomic E-state index is 12.7. The Labute approximate surface area is 349 Å². The van der Waals surface area contributed by atoms with E-state index in [0.717, 1.165) is 84.1 Å². The summed E-state index contributed by atoms with van der Waals surface area (Å²) in [6.07, 6.45) is 35.5. The van der Waals surface area contributed by atoms with E-state index in [0.29, 0.717) is 31.6 Å². The zero-order valence-corrected chi connectivity index (χ0v) is 38.8. The van der Waals surface area contributed by atoms with Crippen LogP contribution in [0.5, 0.6) is 0 Å². The van der Waals surface area contributed by atoms with Gasteiger partial charge in [0, 0.05) is 32.1 Å². The number of hydrogen-bond acceptors (Lipinski definition) is 7. The predicted octanol–water partition coefficient (Wildman–Crippen LogP) is 14.5. The molecule has 56 heavy (non-hydrogen) atoms. The number of rotatable bonds is 43. The molecule has 0 radical (unpaired) electrons. The maximum Gasteiger partial charge on any atom is 0.508 e. The molecule has 0 N–H and O–H groups in total. The van der Waals surface area contributed by atoms with Crippen LogP contribution in [-0.2, 0) is 19.0 Å². The standard InChI is InChI=1S/C49H98N2O5/c1-8-13-16-19-21-23-27-31-36-46(35-30-26-20-17-14-9-2)44-55-48(52)39-34-29-25-22-24-28-33-38-47(37-32-18-15-10-3)56-49(53)54-43-42-51(45(6)7)41-40-50(11-4)12-5/h45-47H,8-44H2,1-7H3. The summed E-state index contributed by atoms with van der Waals surface area (Å²) in [6, 6.07) is 0.407. The molecule has 7 heteroatoms. The van der Waals surface area contributed by atoms with Crippen LogP contribution in [0.25, 0.3) is 0 Å². The van der Waals surface area contributed by atoms with E-state index in [1.165, 1.54) is 135 Å². The highest BCUT2D eigenvalue weighted by Crippen LogP contribution is 2.21. The van der Waals surface area contributed by atoms with Crippen LogP contribution in [0.1, 0.15) is 241 Å². The summed E-state index contributed by atoms with van der Waals surface area (Å²) < 4.78 is 17.3. The van der Waals surface area contributed by atoms with Gasteiger partial charge in [0.05, 0.1) is 6.61 Å². The summed E-state index contributed by atoms with van der Waals surface area (Å²) in [4.78, 5) is 30.1. The van der Waals surface area contributed by atoms with Crippen molar-refractivity contribution >= 4 is 12.1 Å². The third-order valence-corrected chi connectivity index (χ3v) is 11.9. The van der Waals surface area contributed by atoms with E-state index in [9.17, 15) is 9.59 Å². The van der Waals surface area contributed by atoms with E-state index >= 15 is 0 Å². The highest BCUT2D eigenvalue weighted by Gasteiger charge is 2.17. The zero-order chi connectivity index (χ0) is 41.3. The van der Waals surface area contributed by atoms with Crippen molar-refractivity contribution in [2.75, 3.05) is 45.9 Å². The lowest BCUT2D eigenvalue weighted by Gasteiger charge is -2.29. The SMILES string of the molecule is CCCCCCCCCCC(CCCCCCCC)COC(=O)CCCCCCCCCC(CCCCCC)OC(=O)OCCN(CCN(CC)CC)C(C)C. The van der Waals surface area contributed by atoms with Crippen LogP contribution in [-0.4, -0.2) is 80.0 Å². The number of likely N-dealkylation sites (N-methyl/N-ethyl adjacent to an activating group) is 1. The highest BCUT2D eigenvalue weighted by atomic mass is 16.7. The van der Waals surface area contributed by atoms with Crippen molar-refractivity contribution in [3.63, 3.8) is 0 Å². The van der Waals surface area contributed by atoms with Crippen molar-refractivity contribution in [3.8, 4) is 0 Å². The molecule has 0 bridgehead atoms. The fourth-order valence-electron chi connectivity index (χ4n) is 7.81. The first-order valence-corrected chi connectivity index (χ1v) is 24.8. The van der Waals surface area contributed by atoms with Gasteiger partial charge in [-0.2, -0.15) is 0 Å². The fraction of sp³-hybridized carbons (Fsp3) is 0.959. The molecule has 0 saturated heterocycles. The second kappa shape index (κ2) is 41.8. The quantitative estimate of drug-likeness (QED) is 0.0450. The molecule has 0 aromatic rings. The number of nitrogens with zero attached hydrogens (tertiary/aromatic N) is 2. The van der Waals surface area contributed by atoms with Gasteiger partial charge in [-0.3, -0.25) is 9.69 Å². The minimum atomic E-state index is -0.506. The molecule has 0 aliphatic rings. The van der Waals surface area contributed by atoms with Gasteiger partial charge >= 0.3 is 12.1 Å². The average Bonchev–Trinajstić information content (AvgIpc) is 3.19. The molecular formula is C49H98N2O5. The Morgan fingerprint density at radius 3 is 1.38 bits per heavy atom. The van der Waals surface area contributed by atoms with E-state index in [1.54, 1.807) is 0 Å². The fourth-order valence-corrected chi connectivity index (χ4v) is 7.81. The van der Waals surface area contributed by atoms with E-state index in [-0.39, 0.29) is 12.1 Å². The Hall–Kier alpha value is -1.34. The van der Waals surface area contributed by atoms with E-state index in [2.05, 4.69) is 58.3 Å². The van der Waals surface area contributed by atoms with Gasteiger partial charge in [-0.25, -0.2) is 4.79 Å². The monoisotopic (exact) mass is 795 g/mol. The van der Waals surface area contributed by atoms with Crippen molar-refractivity contribution in [2.45, 2.75) is 253 Å². The second-order valence-corrected chi connectivity index (χ2v) is 17.2. The summed E-state index contributed by atoms with van der Waals surface area (Å²) in [5.74, 6) is 0.537. The van der Waals surface area contributed by atoms with Crippen LogP contribution in [0, 0.1) is 5.92 Å². The van der Waals surface area contributed by atoms with Gasteiger partial charge in [0.15, 0.2) is 0 Å². The largest absolute Gasteiger partial charge is 0.508 e. The number of unbranched alkanes of at least 4 members (excludes halogenated alkanes) is 21. The summed E-state index contributed by atoms with van der Waals surface area (Å²) in [7, 11) is 0. The van der Waals surface area contributed by atoms with Crippen molar-refractivity contribution in [1.82, 2.24) is 9.80 Å². The van der Waals surface area contributed by atoms with Crippen LogP contribution in [0.15, 0.2) is 0 Å². The first-order chi connectivity index (χ1) is 27.3. The molecule has 0 aliphatic heterocycles. The minimum Gasteiger partial charge on any atom is -0.465 e. The normalized spacial score (nSPS) is 12.8. The molecule has 0 heterocycles. The minimum absolute atomic E-state index is 0.00455. The van der Waals surface area contributed by atoms with Gasteiger partial charge < -0.3 is 19.1 Å².